The van der Waals surface area contributed by atoms with Crippen molar-refractivity contribution >= 4 is 123 Å². The molecule has 14 aromatic carbocycles. The van der Waals surface area contributed by atoms with Crippen LogP contribution in [0.15, 0.2) is 303 Å². The minimum absolute atomic E-state index is 0.104. The molecule has 0 amide bonds. The molecule has 0 fully saturated rings. The van der Waals surface area contributed by atoms with E-state index in [0.717, 1.165) is 77.3 Å². The molecule has 0 unspecified atom stereocenters. The number of rotatable bonds is 8. The first-order valence-electron chi connectivity index (χ1n) is 43.2. The Hall–Kier alpha value is -12.4. The fraction of sp³-hybridized carbons (Fsp3) is 0.124. The monoisotopic (exact) mass is 1350 g/mol. The van der Waals surface area contributed by atoms with Crippen LogP contribution in [0.2, 0.25) is 0 Å². The van der Waals surface area contributed by atoms with Crippen molar-refractivity contribution in [1.29, 1.82) is 5.26 Å². The maximum absolute atomic E-state index is 12.2. The molecule has 498 valence electrons. The minimum Gasteiger partial charge on any atom is -0.310 e. The summed E-state index contributed by atoms with van der Waals surface area (Å²) in [6, 6.07) is 62.8. The van der Waals surface area contributed by atoms with Gasteiger partial charge in [0.15, 0.2) is 0 Å². The SMILES string of the molecule is [2H]c1c([2H])c([2H])c2c(c1[2H])c1c([2H])c([2H])c([2H])c([2H])c1n2-c1ccc2c(c1)N(c1c(-c3ccccc3)cc(C(C)(C)C)cc1-c1ccccc1)c1cc(-n3c4c([2H])c([2H])c([2H])c([2H])c4c4c([2H])c([2H])c([2H])c([2H])c43)cc3c1B2c1ccc(-c2cc(C(C)(C)C)cc(C(C)(C)C)c2)cc1N3c1cc(-n2c3ccccc3c3ccccc32)ccc1C#N. The van der Waals surface area contributed by atoms with Crippen molar-refractivity contribution in [3.8, 4) is 56.5 Å². The third-order valence-corrected chi connectivity index (χ3v) is 21.2. The Morgan fingerprint density at radius 1 is 0.317 bits per heavy atom. The largest absolute Gasteiger partial charge is 0.310 e. The van der Waals surface area contributed by atoms with Gasteiger partial charge in [0.2, 0.25) is 0 Å². The lowest BCUT2D eigenvalue weighted by atomic mass is 9.33. The highest BCUT2D eigenvalue weighted by Crippen LogP contribution is 2.54. The second-order valence-electron chi connectivity index (χ2n) is 30.5. The Kier molecular flexibility index (Phi) is 10.7. The van der Waals surface area contributed by atoms with E-state index >= 15 is 0 Å². The van der Waals surface area contributed by atoms with E-state index in [0.29, 0.717) is 50.7 Å². The van der Waals surface area contributed by atoms with Gasteiger partial charge in [0.05, 0.1) is 77.7 Å². The molecular weight excluding hydrogens is 1260 g/mol. The maximum Gasteiger partial charge on any atom is 0.252 e. The normalized spacial score (nSPS) is 15.1. The first-order valence-corrected chi connectivity index (χ1v) is 35.2. The molecule has 6 nitrogen and oxygen atoms in total. The van der Waals surface area contributed by atoms with E-state index in [9.17, 15) is 24.5 Å². The Labute approximate surface area is 630 Å². The molecule has 7 heteroatoms. The van der Waals surface area contributed by atoms with Crippen LogP contribution in [-0.2, 0) is 16.2 Å². The molecule has 3 aromatic heterocycles. The topological polar surface area (TPSA) is 45.1 Å². The summed E-state index contributed by atoms with van der Waals surface area (Å²) < 4.78 is 159. The Balaban J connectivity index is 1.06. The molecule has 17 aromatic rings. The number of hydrogen-bond acceptors (Lipinski definition) is 3. The molecule has 2 aliphatic rings. The highest BCUT2D eigenvalue weighted by Gasteiger charge is 2.46. The van der Waals surface area contributed by atoms with Gasteiger partial charge >= 0.3 is 0 Å². The molecule has 0 spiro atoms. The number of fused-ring (bicyclic) bond motifs is 13. The molecule has 0 atom stereocenters. The molecule has 2 aliphatic heterocycles. The average molecular weight is 1350 g/mol. The van der Waals surface area contributed by atoms with E-state index < -0.39 is 109 Å². The summed E-state index contributed by atoms with van der Waals surface area (Å²) in [7, 11) is 0. The van der Waals surface area contributed by atoms with Crippen molar-refractivity contribution in [1.82, 2.24) is 13.7 Å². The van der Waals surface area contributed by atoms with E-state index in [1.54, 1.807) is 0 Å². The van der Waals surface area contributed by atoms with Crippen molar-refractivity contribution < 1.29 is 21.9 Å². The number of aromatic nitrogens is 3. The summed E-state index contributed by atoms with van der Waals surface area (Å²) in [5.74, 6) is 0. The van der Waals surface area contributed by atoms with Crippen LogP contribution in [0.3, 0.4) is 0 Å². The van der Waals surface area contributed by atoms with Crippen molar-refractivity contribution in [2.75, 3.05) is 9.80 Å². The van der Waals surface area contributed by atoms with Crippen LogP contribution in [0, 0.1) is 11.3 Å². The van der Waals surface area contributed by atoms with Crippen molar-refractivity contribution in [3.63, 3.8) is 0 Å². The van der Waals surface area contributed by atoms with Gasteiger partial charge in [-0.25, -0.2) is 0 Å². The third kappa shape index (κ3) is 9.76. The van der Waals surface area contributed by atoms with Crippen LogP contribution in [0.25, 0.3) is 116 Å². The van der Waals surface area contributed by atoms with E-state index in [4.69, 9.17) is 2.74 Å². The van der Waals surface area contributed by atoms with Crippen LogP contribution in [0.1, 0.15) is 106 Å². The molecule has 0 bridgehead atoms. The summed E-state index contributed by atoms with van der Waals surface area (Å²) in [6.45, 7) is 18.8. The molecule has 0 saturated heterocycles. The number of nitrogens with zero attached hydrogens (tertiary/aromatic N) is 6. The minimum atomic E-state index is -0.851. The van der Waals surface area contributed by atoms with Gasteiger partial charge in [0.25, 0.3) is 6.71 Å². The van der Waals surface area contributed by atoms with Gasteiger partial charge in [-0.1, -0.05) is 268 Å². The summed E-state index contributed by atoms with van der Waals surface area (Å²) >= 11 is 0. The number of para-hydroxylation sites is 6. The van der Waals surface area contributed by atoms with Gasteiger partial charge in [-0.3, -0.25) is 0 Å². The van der Waals surface area contributed by atoms with Crippen LogP contribution in [-0.4, -0.2) is 20.4 Å². The molecule has 19 rings (SSSR count). The molecular formula is C97H77BN6. The fourth-order valence-corrected chi connectivity index (χ4v) is 16.1. The van der Waals surface area contributed by atoms with Crippen molar-refractivity contribution in [3.05, 3.63) is 325 Å². The van der Waals surface area contributed by atoms with Gasteiger partial charge in [-0.05, 0) is 169 Å². The van der Waals surface area contributed by atoms with Crippen molar-refractivity contribution in [2.24, 2.45) is 0 Å². The molecule has 0 N–H and O–H groups in total. The Bertz CT molecular complexity index is 7170. The lowest BCUT2D eigenvalue weighted by Crippen LogP contribution is -2.61. The predicted molar refractivity (Wildman–Crippen MR) is 441 cm³/mol. The molecule has 5 heterocycles. The van der Waals surface area contributed by atoms with Gasteiger partial charge in [-0.2, -0.15) is 5.26 Å². The quantitative estimate of drug-likeness (QED) is 0.142. The second kappa shape index (κ2) is 23.3. The van der Waals surface area contributed by atoms with Gasteiger partial charge in [0.1, 0.15) is 6.07 Å². The smallest absolute Gasteiger partial charge is 0.252 e. The summed E-state index contributed by atoms with van der Waals surface area (Å²) in [4.78, 5) is 4.26. The van der Waals surface area contributed by atoms with E-state index in [1.165, 1.54) is 9.13 Å². The molecule has 0 aliphatic carbocycles. The molecule has 0 saturated carbocycles. The van der Waals surface area contributed by atoms with Crippen LogP contribution >= 0.6 is 0 Å². The van der Waals surface area contributed by atoms with E-state index in [1.807, 2.05) is 133 Å². The van der Waals surface area contributed by atoms with E-state index in [-0.39, 0.29) is 71.4 Å². The Morgan fingerprint density at radius 2 is 0.712 bits per heavy atom. The summed E-state index contributed by atoms with van der Waals surface area (Å²) in [5, 5.41) is 13.6. The van der Waals surface area contributed by atoms with Crippen LogP contribution in [0.5, 0.6) is 0 Å². The van der Waals surface area contributed by atoms with Gasteiger partial charge < -0.3 is 23.5 Å². The number of hydrogen-bond donors (Lipinski definition) is 0. The molecule has 104 heavy (non-hydrogen) atoms. The highest BCUT2D eigenvalue weighted by molar-refractivity contribution is 7.00. The standard InChI is InChI=1S/C97H77BN6/c1-95(2,3)66-50-65(51-67(53-66)96(4,5)6)63-45-48-80-89(52-63)103(88-56-69(46-44-64(88)60-99)100-82-38-22-16-32-72(82)73-33-17-23-39-83(73)100)91-58-71(102-86-42-26-20-36-76(86)77-37-21-27-43-87(77)102)59-92-93(91)98(80)81-49-47-70(101-84-40-24-18-34-74(84)75-35-19-25-41-85(75)101)57-90(81)104(92)94-78(61-28-12-10-13-29-61)54-68(97(7,8)9)55-79(94)62-30-14-11-15-31-62/h10-59H,1-9H3/i18D,19D,20D,21D,24D,25D,26D,27D,34D,35D,36D,37D,40D,41D,42D,43D. The predicted octanol–water partition coefficient (Wildman–Crippen LogP) is 23.8. The molecule has 0 radical (unpaired) electrons. The lowest BCUT2D eigenvalue weighted by molar-refractivity contribution is 0.569. The zero-order chi connectivity index (χ0) is 84.6. The third-order valence-electron chi connectivity index (χ3n) is 21.2. The van der Waals surface area contributed by atoms with Gasteiger partial charge in [-0.15, -0.1) is 0 Å². The number of nitriles is 1. The second-order valence-corrected chi connectivity index (χ2v) is 30.5. The maximum atomic E-state index is 12.2. The lowest BCUT2D eigenvalue weighted by Gasteiger charge is -2.45. The number of anilines is 6. The van der Waals surface area contributed by atoms with Crippen LogP contribution in [0.4, 0.5) is 34.1 Å². The summed E-state index contributed by atoms with van der Waals surface area (Å²) in [5.41, 5.74) is 14.5. The average Bonchev–Trinajstić information content (AvgIpc) is 1.15. The number of benzene rings is 14. The first kappa shape index (κ1) is 47.7. The zero-order valence-corrected chi connectivity index (χ0v) is 58.9. The van der Waals surface area contributed by atoms with Gasteiger partial charge in [0, 0.05) is 77.6 Å². The van der Waals surface area contributed by atoms with Crippen molar-refractivity contribution in [2.45, 2.75) is 78.6 Å². The first-order chi connectivity index (χ1) is 57.1. The Morgan fingerprint density at radius 3 is 1.20 bits per heavy atom. The zero-order valence-electron chi connectivity index (χ0n) is 74.9. The van der Waals surface area contributed by atoms with Crippen LogP contribution < -0.4 is 26.2 Å². The highest BCUT2D eigenvalue weighted by atomic mass is 15.2. The fourth-order valence-electron chi connectivity index (χ4n) is 16.1. The van der Waals surface area contributed by atoms with E-state index in [2.05, 4.69) is 156 Å². The summed E-state index contributed by atoms with van der Waals surface area (Å²) in [6.07, 6.45) is 0.